The van der Waals surface area contributed by atoms with Crippen molar-refractivity contribution in [3.05, 3.63) is 0 Å². The van der Waals surface area contributed by atoms with Gasteiger partial charge in [-0.2, -0.15) is 0 Å². The molecule has 0 aromatic heterocycles. The van der Waals surface area contributed by atoms with E-state index in [-0.39, 0.29) is 6.61 Å². The first kappa shape index (κ1) is 14.2. The Morgan fingerprint density at radius 3 is 2.33 bits per heavy atom. The number of carbonyl (C=O) groups excluding carboxylic acids is 2. The highest BCUT2D eigenvalue weighted by Gasteiger charge is 2.22. The Morgan fingerprint density at radius 2 is 1.93 bits per heavy atom. The molecule has 0 unspecified atom stereocenters. The van der Waals surface area contributed by atoms with Crippen LogP contribution < -0.4 is 5.32 Å². The molecule has 0 rings (SSSR count). The summed E-state index contributed by atoms with van der Waals surface area (Å²) in [5.41, 5.74) is -0.592. The minimum Gasteiger partial charge on any atom is -0.464 e. The SMILES string of the molecule is CCOC(=O)[C@H](Br)NC(=O)OC(C)(C)C. The number of ether oxygens (including phenoxy) is 2. The molecular formula is C9H16BrNO4. The molecule has 15 heavy (non-hydrogen) atoms. The Morgan fingerprint density at radius 1 is 1.40 bits per heavy atom. The number of hydrogen-bond acceptors (Lipinski definition) is 4. The van der Waals surface area contributed by atoms with Gasteiger partial charge < -0.3 is 9.47 Å². The summed E-state index contributed by atoms with van der Waals surface area (Å²) in [4.78, 5) is 21.4. The largest absolute Gasteiger partial charge is 0.464 e. The van der Waals surface area contributed by atoms with Crippen LogP contribution in [0.15, 0.2) is 0 Å². The maximum atomic E-state index is 11.2. The third-order valence-corrected chi connectivity index (χ3v) is 1.74. The number of nitrogens with one attached hydrogen (secondary N) is 1. The quantitative estimate of drug-likeness (QED) is 0.487. The predicted octanol–water partition coefficient (Wildman–Crippen LogP) is 1.80. The molecule has 0 aliphatic carbocycles. The molecule has 1 atom stereocenters. The van der Waals surface area contributed by atoms with Crippen LogP contribution in [-0.4, -0.2) is 29.2 Å². The van der Waals surface area contributed by atoms with E-state index in [0.717, 1.165) is 0 Å². The lowest BCUT2D eigenvalue weighted by Crippen LogP contribution is -2.40. The molecule has 6 heteroatoms. The van der Waals surface area contributed by atoms with Crippen molar-refractivity contribution < 1.29 is 19.1 Å². The fraction of sp³-hybridized carbons (Fsp3) is 0.778. The monoisotopic (exact) mass is 281 g/mol. The van der Waals surface area contributed by atoms with Crippen molar-refractivity contribution in [1.29, 1.82) is 0 Å². The Hall–Kier alpha value is -0.780. The topological polar surface area (TPSA) is 64.6 Å². The smallest absolute Gasteiger partial charge is 0.409 e. The van der Waals surface area contributed by atoms with Crippen LogP contribution in [0.25, 0.3) is 0 Å². The summed E-state index contributed by atoms with van der Waals surface area (Å²) in [7, 11) is 0. The Labute approximate surface area is 97.6 Å². The van der Waals surface area contributed by atoms with Gasteiger partial charge in [0.15, 0.2) is 4.95 Å². The van der Waals surface area contributed by atoms with Crippen LogP contribution in [0, 0.1) is 0 Å². The highest BCUT2D eigenvalue weighted by molar-refractivity contribution is 9.10. The molecule has 0 saturated carbocycles. The molecule has 5 nitrogen and oxygen atoms in total. The first-order valence-corrected chi connectivity index (χ1v) is 5.48. The van der Waals surface area contributed by atoms with E-state index in [1.165, 1.54) is 0 Å². The van der Waals surface area contributed by atoms with Crippen molar-refractivity contribution in [1.82, 2.24) is 5.32 Å². The lowest BCUT2D eigenvalue weighted by Gasteiger charge is -2.20. The highest BCUT2D eigenvalue weighted by Crippen LogP contribution is 2.08. The number of carbonyl (C=O) groups is 2. The van der Waals surface area contributed by atoms with Gasteiger partial charge in [-0.05, 0) is 27.7 Å². The average molecular weight is 282 g/mol. The second kappa shape index (κ2) is 5.95. The van der Waals surface area contributed by atoms with E-state index in [9.17, 15) is 9.59 Å². The van der Waals surface area contributed by atoms with Gasteiger partial charge in [0.05, 0.1) is 6.61 Å². The zero-order valence-electron chi connectivity index (χ0n) is 9.30. The summed E-state index contributed by atoms with van der Waals surface area (Å²) in [6, 6.07) is 0. The number of alkyl halides is 1. The molecule has 0 aliphatic heterocycles. The van der Waals surface area contributed by atoms with Crippen molar-refractivity contribution >= 4 is 28.0 Å². The van der Waals surface area contributed by atoms with Gasteiger partial charge in [-0.15, -0.1) is 0 Å². The maximum Gasteiger partial charge on any atom is 0.409 e. The molecule has 0 aliphatic rings. The second-order valence-electron chi connectivity index (χ2n) is 3.76. The minimum absolute atomic E-state index is 0.261. The molecule has 0 heterocycles. The molecule has 0 aromatic rings. The Bertz CT molecular complexity index is 237. The number of alkyl carbamates (subject to hydrolysis) is 1. The van der Waals surface area contributed by atoms with Crippen LogP contribution in [-0.2, 0) is 14.3 Å². The fourth-order valence-corrected chi connectivity index (χ4v) is 1.00. The Balaban J connectivity index is 4.02. The van der Waals surface area contributed by atoms with Crippen molar-refractivity contribution in [2.75, 3.05) is 6.61 Å². The molecule has 0 spiro atoms. The predicted molar refractivity (Wildman–Crippen MR) is 58.7 cm³/mol. The maximum absolute atomic E-state index is 11.2. The molecule has 0 radical (unpaired) electrons. The van der Waals surface area contributed by atoms with Gasteiger partial charge in [-0.1, -0.05) is 15.9 Å². The molecule has 1 N–H and O–H groups in total. The summed E-state index contributed by atoms with van der Waals surface area (Å²) in [5.74, 6) is -0.552. The van der Waals surface area contributed by atoms with Crippen molar-refractivity contribution in [2.24, 2.45) is 0 Å². The number of amides is 1. The zero-order chi connectivity index (χ0) is 12.1. The van der Waals surface area contributed by atoms with E-state index in [1.54, 1.807) is 27.7 Å². The third-order valence-electron chi connectivity index (χ3n) is 1.14. The van der Waals surface area contributed by atoms with Crippen molar-refractivity contribution in [3.63, 3.8) is 0 Å². The van der Waals surface area contributed by atoms with Crippen LogP contribution in [0.2, 0.25) is 0 Å². The molecule has 0 saturated heterocycles. The molecule has 0 aromatic carbocycles. The van der Waals surface area contributed by atoms with Crippen LogP contribution in [0.1, 0.15) is 27.7 Å². The third kappa shape index (κ3) is 7.18. The van der Waals surface area contributed by atoms with E-state index in [1.807, 2.05) is 0 Å². The number of hydrogen-bond donors (Lipinski definition) is 1. The van der Waals surface area contributed by atoms with E-state index in [4.69, 9.17) is 4.74 Å². The van der Waals surface area contributed by atoms with Gasteiger partial charge in [-0.25, -0.2) is 9.59 Å². The molecule has 0 bridgehead atoms. The Kier molecular flexibility index (Phi) is 5.64. The van der Waals surface area contributed by atoms with Crippen LogP contribution in [0.5, 0.6) is 0 Å². The number of halogens is 1. The average Bonchev–Trinajstić information content (AvgIpc) is 2.00. The lowest BCUT2D eigenvalue weighted by molar-refractivity contribution is -0.142. The summed E-state index contributed by atoms with van der Waals surface area (Å²) in [6.45, 7) is 7.16. The molecule has 1 amide bonds. The summed E-state index contributed by atoms with van der Waals surface area (Å²) < 4.78 is 9.63. The number of rotatable bonds is 3. The van der Waals surface area contributed by atoms with Gasteiger partial charge in [0.1, 0.15) is 5.60 Å². The lowest BCUT2D eigenvalue weighted by atomic mass is 10.2. The summed E-state index contributed by atoms with van der Waals surface area (Å²) in [5, 5.41) is 2.30. The van der Waals surface area contributed by atoms with Crippen LogP contribution >= 0.6 is 15.9 Å². The molecule has 0 fully saturated rings. The van der Waals surface area contributed by atoms with Gasteiger partial charge >= 0.3 is 12.1 Å². The summed E-state index contributed by atoms with van der Waals surface area (Å²) >= 11 is 2.97. The van der Waals surface area contributed by atoms with Crippen molar-refractivity contribution in [2.45, 2.75) is 38.2 Å². The van der Waals surface area contributed by atoms with Gasteiger partial charge in [-0.3, -0.25) is 5.32 Å². The number of esters is 1. The normalized spacial score (nSPS) is 12.9. The first-order chi connectivity index (χ1) is 6.76. The van der Waals surface area contributed by atoms with E-state index in [2.05, 4.69) is 26.0 Å². The first-order valence-electron chi connectivity index (χ1n) is 4.56. The van der Waals surface area contributed by atoms with Gasteiger partial charge in [0.25, 0.3) is 0 Å². The van der Waals surface area contributed by atoms with Crippen LogP contribution in [0.4, 0.5) is 4.79 Å². The standard InChI is InChI=1S/C9H16BrNO4/c1-5-14-7(12)6(10)11-8(13)15-9(2,3)4/h6H,5H2,1-4H3,(H,11,13)/t6-/m1/s1. The van der Waals surface area contributed by atoms with Gasteiger partial charge in [0.2, 0.25) is 0 Å². The van der Waals surface area contributed by atoms with E-state index < -0.39 is 22.6 Å². The highest BCUT2D eigenvalue weighted by atomic mass is 79.9. The molecule has 88 valence electrons. The minimum atomic E-state index is -0.882. The van der Waals surface area contributed by atoms with Crippen molar-refractivity contribution in [3.8, 4) is 0 Å². The van der Waals surface area contributed by atoms with E-state index >= 15 is 0 Å². The van der Waals surface area contributed by atoms with E-state index in [0.29, 0.717) is 0 Å². The fourth-order valence-electron chi connectivity index (χ4n) is 0.685. The van der Waals surface area contributed by atoms with Gasteiger partial charge in [0, 0.05) is 0 Å². The summed E-state index contributed by atoms with van der Waals surface area (Å²) in [6.07, 6.45) is -0.669. The molecular weight excluding hydrogens is 266 g/mol. The van der Waals surface area contributed by atoms with Crippen LogP contribution in [0.3, 0.4) is 0 Å². The second-order valence-corrected chi connectivity index (χ2v) is 4.68. The zero-order valence-corrected chi connectivity index (χ0v) is 10.9.